The van der Waals surface area contributed by atoms with Gasteiger partial charge in [0.05, 0.1) is 12.0 Å². The van der Waals surface area contributed by atoms with E-state index < -0.39 is 5.60 Å². The number of ketones is 1. The molecule has 0 fully saturated rings. The molecule has 1 unspecified atom stereocenters. The Labute approximate surface area is 220 Å². The summed E-state index contributed by atoms with van der Waals surface area (Å²) < 4.78 is 6.36. The van der Waals surface area contributed by atoms with Crippen molar-refractivity contribution in [3.63, 3.8) is 0 Å². The van der Waals surface area contributed by atoms with Crippen molar-refractivity contribution >= 4 is 5.78 Å². The van der Waals surface area contributed by atoms with Crippen LogP contribution >= 0.6 is 0 Å². The number of aromatic hydroxyl groups is 1. The van der Waals surface area contributed by atoms with E-state index in [1.54, 1.807) is 6.07 Å². The lowest BCUT2D eigenvalue weighted by atomic mass is 9.86. The van der Waals surface area contributed by atoms with E-state index in [2.05, 4.69) is 58.9 Å². The summed E-state index contributed by atoms with van der Waals surface area (Å²) in [6.45, 7) is 16.8. The lowest BCUT2D eigenvalue weighted by molar-refractivity contribution is 0.0468. The van der Waals surface area contributed by atoms with Crippen LogP contribution in [-0.2, 0) is 0 Å². The largest absolute Gasteiger partial charge is 0.508 e. The van der Waals surface area contributed by atoms with Crippen LogP contribution in [0.4, 0.5) is 0 Å². The molecule has 1 aromatic rings. The molecule has 0 radical (unpaired) electrons. The van der Waals surface area contributed by atoms with Crippen molar-refractivity contribution in [1.29, 1.82) is 0 Å². The van der Waals surface area contributed by atoms with Gasteiger partial charge in [0.2, 0.25) is 0 Å². The van der Waals surface area contributed by atoms with Gasteiger partial charge in [0.1, 0.15) is 17.1 Å². The van der Waals surface area contributed by atoms with E-state index in [9.17, 15) is 9.90 Å². The van der Waals surface area contributed by atoms with Gasteiger partial charge in [0.25, 0.3) is 0 Å². The Balaban J connectivity index is 1.79. The van der Waals surface area contributed by atoms with Gasteiger partial charge in [0, 0.05) is 0 Å². The molecule has 0 saturated carbocycles. The number of hydrogen-bond donors (Lipinski definition) is 1. The van der Waals surface area contributed by atoms with Gasteiger partial charge in [-0.25, -0.2) is 0 Å². The number of hydrogen-bond acceptors (Lipinski definition) is 3. The maximum Gasteiger partial charge on any atom is 0.170 e. The number of carbonyl (C=O) groups is 1. The number of rotatable bonds is 12. The molecule has 0 aliphatic carbocycles. The fraction of sp³-hybridized carbons (Fsp3) is 0.545. The van der Waals surface area contributed by atoms with Crippen molar-refractivity contribution < 1.29 is 14.6 Å². The van der Waals surface area contributed by atoms with Crippen LogP contribution in [0.3, 0.4) is 0 Å². The maximum atomic E-state index is 12.8. The molecule has 3 heteroatoms. The normalized spacial score (nSPS) is 18.7. The van der Waals surface area contributed by atoms with E-state index >= 15 is 0 Å². The zero-order valence-corrected chi connectivity index (χ0v) is 24.0. The Hall–Kier alpha value is -2.55. The lowest BCUT2D eigenvalue weighted by Gasteiger charge is -2.36. The summed E-state index contributed by atoms with van der Waals surface area (Å²) in [6.07, 6.45) is 18.1. The zero-order chi connectivity index (χ0) is 26.9. The minimum Gasteiger partial charge on any atom is -0.508 e. The van der Waals surface area contributed by atoms with Crippen molar-refractivity contribution in [1.82, 2.24) is 0 Å². The minimum absolute atomic E-state index is 0.0522. The van der Waals surface area contributed by atoms with E-state index in [1.165, 1.54) is 22.3 Å². The van der Waals surface area contributed by atoms with Gasteiger partial charge in [-0.15, -0.1) is 0 Å². The van der Waals surface area contributed by atoms with Crippen LogP contribution in [0.2, 0.25) is 0 Å². The minimum atomic E-state index is -0.511. The molecule has 36 heavy (non-hydrogen) atoms. The summed E-state index contributed by atoms with van der Waals surface area (Å²) in [5.74, 6) is 0.857. The summed E-state index contributed by atoms with van der Waals surface area (Å²) in [5.41, 5.74) is 7.37. The number of carbonyl (C=O) groups excluding carboxylic acids is 1. The van der Waals surface area contributed by atoms with E-state index in [-0.39, 0.29) is 11.5 Å². The van der Waals surface area contributed by atoms with Crippen LogP contribution in [0.25, 0.3) is 0 Å². The molecule has 3 nitrogen and oxygen atoms in total. The van der Waals surface area contributed by atoms with E-state index in [0.29, 0.717) is 17.7 Å². The van der Waals surface area contributed by atoms with Crippen LogP contribution in [0, 0.1) is 13.8 Å². The molecular formula is C33H48O3. The molecule has 1 N–H and O–H groups in total. The fourth-order valence-corrected chi connectivity index (χ4v) is 4.68. The van der Waals surface area contributed by atoms with E-state index in [1.807, 2.05) is 20.8 Å². The third-order valence-electron chi connectivity index (χ3n) is 7.32. The maximum absolute atomic E-state index is 12.8. The number of ether oxygens (including phenoxy) is 1. The van der Waals surface area contributed by atoms with Crippen molar-refractivity contribution in [2.45, 2.75) is 119 Å². The van der Waals surface area contributed by atoms with Gasteiger partial charge in [-0.05, 0) is 124 Å². The van der Waals surface area contributed by atoms with Crippen LogP contribution < -0.4 is 4.74 Å². The first-order chi connectivity index (χ1) is 16.9. The number of allylic oxidation sites excluding steroid dienone is 8. The third-order valence-corrected chi connectivity index (χ3v) is 7.32. The standard InChI is InChI=1S/C33H48O3/c1-23(2)13-9-14-24(3)15-10-16-25(4)17-11-18-26(5)19-12-20-33(8)22-31(35)29-21-30(34)27(6)28(7)32(29)36-33/h13,15,17,19,21,34H,9-12,14,16,18,20,22H2,1-8H3/b24-15+,25-17+,26-19+. The van der Waals surface area contributed by atoms with Gasteiger partial charge in [-0.3, -0.25) is 4.79 Å². The Morgan fingerprint density at radius 3 is 1.89 bits per heavy atom. The topological polar surface area (TPSA) is 46.5 Å². The molecule has 2 rings (SSSR count). The second-order valence-electron chi connectivity index (χ2n) is 11.3. The molecule has 0 aromatic heterocycles. The Bertz CT molecular complexity index is 1050. The molecule has 1 atom stereocenters. The predicted octanol–water partition coefficient (Wildman–Crippen LogP) is 9.66. The molecule has 1 aliphatic heterocycles. The number of fused-ring (bicyclic) bond motifs is 1. The molecule has 1 aliphatic rings. The highest BCUT2D eigenvalue weighted by atomic mass is 16.5. The average Bonchev–Trinajstić information content (AvgIpc) is 2.78. The van der Waals surface area contributed by atoms with Crippen molar-refractivity contribution in [3.8, 4) is 11.5 Å². The van der Waals surface area contributed by atoms with Crippen LogP contribution in [0.5, 0.6) is 11.5 Å². The molecule has 1 heterocycles. The summed E-state index contributed by atoms with van der Waals surface area (Å²) in [5, 5.41) is 10.1. The fourth-order valence-electron chi connectivity index (χ4n) is 4.68. The monoisotopic (exact) mass is 492 g/mol. The molecular weight excluding hydrogens is 444 g/mol. The zero-order valence-electron chi connectivity index (χ0n) is 24.0. The van der Waals surface area contributed by atoms with Crippen LogP contribution in [0.1, 0.15) is 121 Å². The van der Waals surface area contributed by atoms with Gasteiger partial charge in [-0.2, -0.15) is 0 Å². The molecule has 198 valence electrons. The smallest absolute Gasteiger partial charge is 0.170 e. The van der Waals surface area contributed by atoms with Crippen molar-refractivity contribution in [2.24, 2.45) is 0 Å². The first kappa shape index (κ1) is 29.7. The SMILES string of the molecule is CC(C)=CCC/C(C)=C/CC/C(C)=C/CC/C(C)=C/CCC1(C)CC(=O)c2cc(O)c(C)c(C)c2O1. The first-order valence-corrected chi connectivity index (χ1v) is 13.6. The summed E-state index contributed by atoms with van der Waals surface area (Å²) in [4.78, 5) is 12.8. The molecule has 1 aromatic carbocycles. The summed E-state index contributed by atoms with van der Waals surface area (Å²) in [7, 11) is 0. The van der Waals surface area contributed by atoms with Gasteiger partial charge in [-0.1, -0.05) is 46.6 Å². The first-order valence-electron chi connectivity index (χ1n) is 13.6. The second-order valence-corrected chi connectivity index (χ2v) is 11.3. The lowest BCUT2D eigenvalue weighted by Crippen LogP contribution is -2.39. The number of benzene rings is 1. The van der Waals surface area contributed by atoms with Gasteiger partial charge >= 0.3 is 0 Å². The van der Waals surface area contributed by atoms with Gasteiger partial charge in [0.15, 0.2) is 5.78 Å². The van der Waals surface area contributed by atoms with E-state index in [4.69, 9.17) is 4.74 Å². The third kappa shape index (κ3) is 9.15. The highest BCUT2D eigenvalue weighted by molar-refractivity contribution is 6.01. The van der Waals surface area contributed by atoms with E-state index in [0.717, 1.165) is 62.5 Å². The molecule has 0 bridgehead atoms. The highest BCUT2D eigenvalue weighted by Crippen LogP contribution is 2.41. The van der Waals surface area contributed by atoms with Gasteiger partial charge < -0.3 is 9.84 Å². The molecule has 0 saturated heterocycles. The van der Waals surface area contributed by atoms with Crippen molar-refractivity contribution in [3.05, 3.63) is 69.4 Å². The average molecular weight is 493 g/mol. The Kier molecular flexibility index (Phi) is 11.3. The summed E-state index contributed by atoms with van der Waals surface area (Å²) >= 11 is 0. The van der Waals surface area contributed by atoms with Crippen LogP contribution in [-0.4, -0.2) is 16.5 Å². The number of Topliss-reactive ketones (excluding diaryl/α,β-unsaturated/α-hetero) is 1. The molecule has 0 amide bonds. The highest BCUT2D eigenvalue weighted by Gasteiger charge is 2.37. The molecule has 0 spiro atoms. The Morgan fingerprint density at radius 2 is 1.36 bits per heavy atom. The van der Waals surface area contributed by atoms with Crippen molar-refractivity contribution in [2.75, 3.05) is 0 Å². The quantitative estimate of drug-likeness (QED) is 0.295. The Morgan fingerprint density at radius 1 is 0.861 bits per heavy atom. The number of phenols is 1. The second kappa shape index (κ2) is 13.7. The summed E-state index contributed by atoms with van der Waals surface area (Å²) in [6, 6.07) is 1.56. The predicted molar refractivity (Wildman–Crippen MR) is 153 cm³/mol. The number of phenolic OH excluding ortho intramolecular Hbond substituents is 1. The van der Waals surface area contributed by atoms with Crippen LogP contribution in [0.15, 0.2) is 52.7 Å².